The van der Waals surface area contributed by atoms with E-state index in [0.29, 0.717) is 17.5 Å². The Labute approximate surface area is 161 Å². The lowest BCUT2D eigenvalue weighted by molar-refractivity contribution is -0.137. The zero-order valence-corrected chi connectivity index (χ0v) is 15.7. The summed E-state index contributed by atoms with van der Waals surface area (Å²) in [6.45, 7) is 1.82. The summed E-state index contributed by atoms with van der Waals surface area (Å²) in [4.78, 5) is 10.7. The summed E-state index contributed by atoms with van der Waals surface area (Å²) >= 11 is 0. The second kappa shape index (κ2) is 7.75. The van der Waals surface area contributed by atoms with Crippen molar-refractivity contribution in [1.29, 1.82) is 0 Å². The highest BCUT2D eigenvalue weighted by Gasteiger charge is 2.29. The Bertz CT molecular complexity index is 936. The molecule has 0 radical (unpaired) electrons. The molecule has 0 unspecified atom stereocenters. The summed E-state index contributed by atoms with van der Waals surface area (Å²) in [6, 6.07) is 14.4. The van der Waals surface area contributed by atoms with Gasteiger partial charge in [-0.15, -0.1) is 0 Å². The molecule has 8 heteroatoms. The van der Waals surface area contributed by atoms with Crippen LogP contribution in [0.4, 0.5) is 42.0 Å². The number of halogens is 3. The van der Waals surface area contributed by atoms with E-state index in [0.717, 1.165) is 29.2 Å². The number of anilines is 5. The number of aromatic nitrogens is 2. The zero-order chi connectivity index (χ0) is 20.3. The molecule has 0 atom stereocenters. The molecule has 2 aromatic carbocycles. The summed E-state index contributed by atoms with van der Waals surface area (Å²) in [5, 5.41) is 6.15. The molecular weight excluding hydrogens is 367 g/mol. The normalized spacial score (nSPS) is 11.2. The fraction of sp³-hybridized carbons (Fsp3) is 0.200. The third-order valence-electron chi connectivity index (χ3n) is 3.98. The average Bonchev–Trinajstić information content (AvgIpc) is 2.61. The predicted molar refractivity (Wildman–Crippen MR) is 106 cm³/mol. The van der Waals surface area contributed by atoms with Crippen molar-refractivity contribution in [2.24, 2.45) is 0 Å². The van der Waals surface area contributed by atoms with E-state index in [2.05, 4.69) is 20.6 Å². The largest absolute Gasteiger partial charge is 0.416 e. The zero-order valence-electron chi connectivity index (χ0n) is 15.7. The second-order valence-electron chi connectivity index (χ2n) is 6.48. The minimum Gasteiger partial charge on any atom is -0.378 e. The maximum atomic E-state index is 12.7. The predicted octanol–water partition coefficient (Wildman–Crippen LogP) is 5.36. The monoisotopic (exact) mass is 387 g/mol. The molecule has 0 aliphatic heterocycles. The first-order valence-corrected chi connectivity index (χ1v) is 8.55. The van der Waals surface area contributed by atoms with E-state index in [1.165, 1.54) is 12.1 Å². The highest BCUT2D eigenvalue weighted by molar-refractivity contribution is 5.62. The van der Waals surface area contributed by atoms with E-state index in [4.69, 9.17) is 0 Å². The fourth-order valence-corrected chi connectivity index (χ4v) is 2.55. The third kappa shape index (κ3) is 4.91. The smallest absolute Gasteiger partial charge is 0.378 e. The molecule has 5 nitrogen and oxygen atoms in total. The molecule has 2 N–H and O–H groups in total. The maximum absolute atomic E-state index is 12.7. The van der Waals surface area contributed by atoms with Crippen LogP contribution in [-0.4, -0.2) is 24.1 Å². The van der Waals surface area contributed by atoms with Crippen molar-refractivity contribution < 1.29 is 13.2 Å². The van der Waals surface area contributed by atoms with Crippen molar-refractivity contribution in [1.82, 2.24) is 9.97 Å². The van der Waals surface area contributed by atoms with E-state index in [9.17, 15) is 13.2 Å². The summed E-state index contributed by atoms with van der Waals surface area (Å²) in [5.74, 6) is 0.881. The standard InChI is InChI=1S/C20H20F3N5/c1-13-12-18(25-15-8-10-17(11-9-15)28(2)3)27-19(24-13)26-16-6-4-14(5-7-16)20(21,22)23/h4-12H,1-3H3,(H2,24,25,26,27). The molecule has 28 heavy (non-hydrogen) atoms. The molecule has 146 valence electrons. The van der Waals surface area contributed by atoms with Crippen molar-refractivity contribution in [2.45, 2.75) is 13.1 Å². The maximum Gasteiger partial charge on any atom is 0.416 e. The molecular formula is C20H20F3N5. The van der Waals surface area contributed by atoms with E-state index in [1.54, 1.807) is 6.07 Å². The van der Waals surface area contributed by atoms with Gasteiger partial charge in [0.15, 0.2) is 0 Å². The highest BCUT2D eigenvalue weighted by atomic mass is 19.4. The molecule has 3 rings (SSSR count). The van der Waals surface area contributed by atoms with Crippen LogP contribution in [0.15, 0.2) is 54.6 Å². The topological polar surface area (TPSA) is 53.1 Å². The SMILES string of the molecule is Cc1cc(Nc2ccc(N(C)C)cc2)nc(Nc2ccc(C(F)(F)F)cc2)n1. The molecule has 0 bridgehead atoms. The van der Waals surface area contributed by atoms with Crippen molar-refractivity contribution in [2.75, 3.05) is 29.6 Å². The van der Waals surface area contributed by atoms with Gasteiger partial charge in [-0.05, 0) is 55.5 Å². The molecule has 0 amide bonds. The summed E-state index contributed by atoms with van der Waals surface area (Å²) in [5.41, 5.74) is 2.43. The van der Waals surface area contributed by atoms with Gasteiger partial charge in [0.1, 0.15) is 5.82 Å². The minimum atomic E-state index is -4.36. The molecule has 1 heterocycles. The number of benzene rings is 2. The molecule has 0 spiro atoms. The van der Waals surface area contributed by atoms with Crippen LogP contribution >= 0.6 is 0 Å². The van der Waals surface area contributed by atoms with Crippen LogP contribution in [0.5, 0.6) is 0 Å². The molecule has 0 aliphatic rings. The van der Waals surface area contributed by atoms with Crippen molar-refractivity contribution in [3.05, 3.63) is 65.9 Å². The molecule has 0 aliphatic carbocycles. The number of rotatable bonds is 5. The highest BCUT2D eigenvalue weighted by Crippen LogP contribution is 2.30. The Hall–Kier alpha value is -3.29. The van der Waals surface area contributed by atoms with Gasteiger partial charge in [-0.3, -0.25) is 0 Å². The van der Waals surface area contributed by atoms with Gasteiger partial charge < -0.3 is 15.5 Å². The quantitative estimate of drug-likeness (QED) is 0.618. The second-order valence-corrected chi connectivity index (χ2v) is 6.48. The molecule has 3 aromatic rings. The lowest BCUT2D eigenvalue weighted by atomic mass is 10.2. The van der Waals surface area contributed by atoms with Gasteiger partial charge in [0.2, 0.25) is 5.95 Å². The Balaban J connectivity index is 1.76. The summed E-state index contributed by atoms with van der Waals surface area (Å²) in [6.07, 6.45) is -4.36. The lowest BCUT2D eigenvalue weighted by Gasteiger charge is -2.14. The number of alkyl halides is 3. The van der Waals surface area contributed by atoms with E-state index in [-0.39, 0.29) is 0 Å². The Morgan fingerprint density at radius 1 is 0.821 bits per heavy atom. The molecule has 0 saturated heterocycles. The molecule has 0 fully saturated rings. The van der Waals surface area contributed by atoms with Crippen LogP contribution in [0, 0.1) is 6.92 Å². The third-order valence-corrected chi connectivity index (χ3v) is 3.98. The van der Waals surface area contributed by atoms with Crippen LogP contribution < -0.4 is 15.5 Å². The minimum absolute atomic E-state index is 0.298. The van der Waals surface area contributed by atoms with Crippen LogP contribution in [0.1, 0.15) is 11.3 Å². The van der Waals surface area contributed by atoms with Gasteiger partial charge in [-0.25, -0.2) is 4.98 Å². The van der Waals surface area contributed by atoms with Crippen molar-refractivity contribution in [3.63, 3.8) is 0 Å². The van der Waals surface area contributed by atoms with Gasteiger partial charge in [0, 0.05) is 42.9 Å². The first-order valence-electron chi connectivity index (χ1n) is 8.55. The van der Waals surface area contributed by atoms with Crippen molar-refractivity contribution >= 4 is 28.8 Å². The van der Waals surface area contributed by atoms with Crippen LogP contribution in [0.3, 0.4) is 0 Å². The van der Waals surface area contributed by atoms with Crippen LogP contribution in [-0.2, 0) is 6.18 Å². The average molecular weight is 387 g/mol. The summed E-state index contributed by atoms with van der Waals surface area (Å²) < 4.78 is 38.0. The van der Waals surface area contributed by atoms with Crippen LogP contribution in [0.25, 0.3) is 0 Å². The first-order chi connectivity index (χ1) is 13.2. The number of aryl methyl sites for hydroxylation is 1. The number of nitrogens with one attached hydrogen (secondary N) is 2. The van der Waals surface area contributed by atoms with Gasteiger partial charge in [0.25, 0.3) is 0 Å². The first kappa shape index (κ1) is 19.5. The number of hydrogen-bond acceptors (Lipinski definition) is 5. The van der Waals surface area contributed by atoms with Gasteiger partial charge in [-0.2, -0.15) is 18.2 Å². The molecule has 0 saturated carbocycles. The fourth-order valence-electron chi connectivity index (χ4n) is 2.55. The summed E-state index contributed by atoms with van der Waals surface area (Å²) in [7, 11) is 3.94. The Morgan fingerprint density at radius 3 is 1.96 bits per heavy atom. The van der Waals surface area contributed by atoms with E-state index >= 15 is 0 Å². The lowest BCUT2D eigenvalue weighted by Crippen LogP contribution is -2.08. The number of nitrogens with zero attached hydrogens (tertiary/aromatic N) is 3. The van der Waals surface area contributed by atoms with Crippen molar-refractivity contribution in [3.8, 4) is 0 Å². The Kier molecular flexibility index (Phi) is 5.39. The van der Waals surface area contributed by atoms with E-state index < -0.39 is 11.7 Å². The molecule has 1 aromatic heterocycles. The van der Waals surface area contributed by atoms with Gasteiger partial charge >= 0.3 is 6.18 Å². The van der Waals surface area contributed by atoms with Gasteiger partial charge in [0.05, 0.1) is 5.56 Å². The van der Waals surface area contributed by atoms with Gasteiger partial charge in [-0.1, -0.05) is 0 Å². The van der Waals surface area contributed by atoms with E-state index in [1.807, 2.05) is 50.2 Å². The Morgan fingerprint density at radius 2 is 1.39 bits per heavy atom. The van der Waals surface area contributed by atoms with Crippen LogP contribution in [0.2, 0.25) is 0 Å². The number of hydrogen-bond donors (Lipinski definition) is 2.